The lowest BCUT2D eigenvalue weighted by Crippen LogP contribution is -2.34. The van der Waals surface area contributed by atoms with Gasteiger partial charge in [-0.1, -0.05) is 45.2 Å². The van der Waals surface area contributed by atoms with E-state index < -0.39 is 9.39 Å². The van der Waals surface area contributed by atoms with Gasteiger partial charge in [-0.15, -0.1) is 0 Å². The maximum Gasteiger partial charge on any atom is 0.347 e. The van der Waals surface area contributed by atoms with Crippen molar-refractivity contribution in [2.24, 2.45) is 0 Å². The van der Waals surface area contributed by atoms with Crippen LogP contribution in [0.15, 0.2) is 10.5 Å². The van der Waals surface area contributed by atoms with Gasteiger partial charge in [-0.25, -0.2) is 4.79 Å². The van der Waals surface area contributed by atoms with Crippen molar-refractivity contribution in [1.82, 2.24) is 0 Å². The zero-order valence-corrected chi connectivity index (χ0v) is 13.4. The number of ether oxygens (including phenoxy) is 2. The number of benzene rings is 1. The average Bonchev–Trinajstić information content (AvgIpc) is 2.93. The Kier molecular flexibility index (Phi) is 2.74. The molecule has 1 atom stereocenters. The van der Waals surface area contributed by atoms with Crippen LogP contribution in [0.5, 0.6) is 11.5 Å². The number of esters is 2. The van der Waals surface area contributed by atoms with E-state index in [1.165, 1.54) is 6.07 Å². The molecule has 3 rings (SSSR count). The fraction of sp³-hybridized carbons (Fsp3) is 0.273. The highest BCUT2D eigenvalue weighted by atomic mass is 127. The first-order valence-electron chi connectivity index (χ1n) is 5.02. The van der Waals surface area contributed by atoms with Crippen LogP contribution >= 0.6 is 45.2 Å². The summed E-state index contributed by atoms with van der Waals surface area (Å²) >= 11 is 4.15. The summed E-state index contributed by atoms with van der Waals surface area (Å²) in [6.07, 6.45) is 0. The third kappa shape index (κ3) is 1.63. The maximum absolute atomic E-state index is 12.0. The van der Waals surface area contributed by atoms with E-state index >= 15 is 0 Å². The summed E-state index contributed by atoms with van der Waals surface area (Å²) in [5, 5.41) is 0. The molecular weight excluding hydrogens is 466 g/mol. The topological polar surface area (TPSA) is 65.7 Å². The molecular formula is C11H6I2O5. The van der Waals surface area contributed by atoms with E-state index in [1.807, 2.05) is 22.6 Å². The standard InChI is InChI=1S/C11H6I2O5/c1-11(13,3-12)10(15)18-7-5-2-4-6(16-5)8(7)17-9(4)14/h2H,3H2,1H3. The summed E-state index contributed by atoms with van der Waals surface area (Å²) < 4.78 is 15.6. The zero-order chi connectivity index (χ0) is 13.1. The minimum atomic E-state index is -0.631. The molecule has 1 unspecified atom stereocenters. The summed E-state index contributed by atoms with van der Waals surface area (Å²) in [7, 11) is 0. The van der Waals surface area contributed by atoms with Crippen LogP contribution in [0.3, 0.4) is 0 Å². The molecule has 0 fully saturated rings. The highest BCUT2D eigenvalue weighted by molar-refractivity contribution is 14.1. The van der Waals surface area contributed by atoms with Crippen molar-refractivity contribution in [3.05, 3.63) is 11.6 Å². The van der Waals surface area contributed by atoms with Crippen LogP contribution in [-0.2, 0) is 4.79 Å². The van der Waals surface area contributed by atoms with Gasteiger partial charge in [0.25, 0.3) is 0 Å². The smallest absolute Gasteiger partial charge is 0.347 e. The third-order valence-corrected chi connectivity index (χ3v) is 6.46. The summed E-state index contributed by atoms with van der Waals surface area (Å²) in [5.74, 6) is -0.423. The van der Waals surface area contributed by atoms with E-state index in [4.69, 9.17) is 13.9 Å². The monoisotopic (exact) mass is 472 g/mol. The molecule has 0 saturated heterocycles. The Balaban J connectivity index is 1.95. The molecule has 2 aromatic heterocycles. The fourth-order valence-corrected chi connectivity index (χ4v) is 2.05. The van der Waals surface area contributed by atoms with Crippen molar-refractivity contribution in [1.29, 1.82) is 0 Å². The number of halogens is 2. The van der Waals surface area contributed by atoms with E-state index in [2.05, 4.69) is 22.6 Å². The summed E-state index contributed by atoms with van der Waals surface area (Å²) in [4.78, 5) is 23.4. The molecule has 0 N–H and O–H groups in total. The van der Waals surface area contributed by atoms with E-state index in [1.54, 1.807) is 6.92 Å². The molecule has 0 saturated carbocycles. The largest absolute Gasteiger partial charge is 0.448 e. The van der Waals surface area contributed by atoms with Crippen LogP contribution in [-0.4, -0.2) is 19.8 Å². The molecule has 7 heteroatoms. The van der Waals surface area contributed by atoms with E-state index in [0.29, 0.717) is 21.2 Å². The lowest BCUT2D eigenvalue weighted by molar-refractivity contribution is -0.135. The van der Waals surface area contributed by atoms with Crippen LogP contribution in [0.2, 0.25) is 0 Å². The first-order chi connectivity index (χ1) is 8.44. The molecule has 0 radical (unpaired) electrons. The molecule has 1 aliphatic rings. The average molecular weight is 472 g/mol. The zero-order valence-electron chi connectivity index (χ0n) is 9.08. The van der Waals surface area contributed by atoms with Crippen molar-refractivity contribution in [2.45, 2.75) is 10.3 Å². The number of hydrogen-bond donors (Lipinski definition) is 0. The van der Waals surface area contributed by atoms with Crippen LogP contribution in [0.25, 0.3) is 11.2 Å². The lowest BCUT2D eigenvalue weighted by atomic mass is 10.2. The van der Waals surface area contributed by atoms with Crippen LogP contribution in [0.1, 0.15) is 17.3 Å². The van der Waals surface area contributed by atoms with Crippen molar-refractivity contribution in [3.63, 3.8) is 0 Å². The quantitative estimate of drug-likeness (QED) is 0.298. The molecule has 0 aromatic carbocycles. The molecule has 5 nitrogen and oxygen atoms in total. The Labute approximate surface area is 129 Å². The van der Waals surface area contributed by atoms with Crippen LogP contribution in [0.4, 0.5) is 0 Å². The minimum Gasteiger partial charge on any atom is -0.448 e. The molecule has 0 aliphatic carbocycles. The number of alkyl halides is 2. The van der Waals surface area contributed by atoms with Gasteiger partial charge in [-0.3, -0.25) is 4.79 Å². The normalized spacial score (nSPS) is 16.9. The van der Waals surface area contributed by atoms with Crippen molar-refractivity contribution in [3.8, 4) is 11.5 Å². The van der Waals surface area contributed by atoms with Gasteiger partial charge in [-0.2, -0.15) is 0 Å². The van der Waals surface area contributed by atoms with Crippen molar-refractivity contribution in [2.75, 3.05) is 4.43 Å². The van der Waals surface area contributed by atoms with E-state index in [9.17, 15) is 9.59 Å². The second-order valence-electron chi connectivity index (χ2n) is 4.12. The Bertz CT molecular complexity index is 657. The number of rotatable bonds is 3. The van der Waals surface area contributed by atoms with Gasteiger partial charge in [0.05, 0.1) is 0 Å². The highest BCUT2D eigenvalue weighted by Gasteiger charge is 2.39. The van der Waals surface area contributed by atoms with Crippen LogP contribution in [0, 0.1) is 0 Å². The minimum absolute atomic E-state index is 0.206. The van der Waals surface area contributed by atoms with Gasteiger partial charge in [0.15, 0.2) is 11.2 Å². The van der Waals surface area contributed by atoms with Gasteiger partial charge in [0.1, 0.15) is 8.99 Å². The Hall–Kier alpha value is -0.580. The molecule has 2 aromatic rings. The van der Waals surface area contributed by atoms with Crippen molar-refractivity contribution >= 4 is 68.3 Å². The summed E-state index contributed by atoms with van der Waals surface area (Å²) in [5.41, 5.74) is 1.13. The second-order valence-corrected chi connectivity index (χ2v) is 7.27. The molecule has 2 bridgehead atoms. The van der Waals surface area contributed by atoms with Gasteiger partial charge in [0, 0.05) is 10.5 Å². The number of fused-ring (bicyclic) bond motifs is 1. The number of hydrogen-bond acceptors (Lipinski definition) is 5. The number of furan rings is 2. The Morgan fingerprint density at radius 2 is 2.28 bits per heavy atom. The Morgan fingerprint density at radius 1 is 1.56 bits per heavy atom. The van der Waals surface area contributed by atoms with Crippen molar-refractivity contribution < 1.29 is 23.5 Å². The Morgan fingerprint density at radius 3 is 2.94 bits per heavy atom. The maximum atomic E-state index is 12.0. The predicted octanol–water partition coefficient (Wildman–Crippen LogP) is 2.94. The van der Waals surface area contributed by atoms with Gasteiger partial charge in [-0.05, 0) is 6.92 Å². The second kappa shape index (κ2) is 3.95. The first-order valence-corrected chi connectivity index (χ1v) is 7.62. The van der Waals surface area contributed by atoms with Crippen LogP contribution < -0.4 is 9.47 Å². The molecule has 3 heterocycles. The predicted molar refractivity (Wildman–Crippen MR) is 79.3 cm³/mol. The summed E-state index contributed by atoms with van der Waals surface area (Å²) in [6, 6.07) is 1.53. The molecule has 1 aliphatic heterocycles. The number of carbonyl (C=O) groups is 2. The molecule has 18 heavy (non-hydrogen) atoms. The molecule has 0 spiro atoms. The van der Waals surface area contributed by atoms with Gasteiger partial charge in [0.2, 0.25) is 11.5 Å². The third-order valence-electron chi connectivity index (χ3n) is 2.65. The SMILES string of the molecule is CC(I)(CI)C(=O)Oc1c2c3oc1cc3C(=O)O2. The number of carbonyl (C=O) groups excluding carboxylic acids is 2. The lowest BCUT2D eigenvalue weighted by Gasteiger charge is -2.16. The highest BCUT2D eigenvalue weighted by Crippen LogP contribution is 2.49. The first kappa shape index (κ1) is 12.5. The molecule has 94 valence electrons. The van der Waals surface area contributed by atoms with Gasteiger partial charge < -0.3 is 13.9 Å². The van der Waals surface area contributed by atoms with Gasteiger partial charge >= 0.3 is 11.9 Å². The van der Waals surface area contributed by atoms with E-state index in [-0.39, 0.29) is 17.5 Å². The molecule has 0 amide bonds. The summed E-state index contributed by atoms with van der Waals surface area (Å²) in [6.45, 7) is 1.78. The fourth-order valence-electron chi connectivity index (χ4n) is 1.63. The van der Waals surface area contributed by atoms with E-state index in [0.717, 1.165) is 0 Å².